The number of nitrogens with one attached hydrogen (secondary N) is 2. The minimum absolute atomic E-state index is 0.830. The van der Waals surface area contributed by atoms with E-state index < -0.39 is 0 Å². The van der Waals surface area contributed by atoms with E-state index in [0.29, 0.717) is 0 Å². The molecular formula is C16H28N4O. The largest absolute Gasteiger partial charge is 0.469 e. The highest BCUT2D eigenvalue weighted by Crippen LogP contribution is 2.08. The number of furan rings is 1. The Balaban J connectivity index is 1.58. The highest BCUT2D eigenvalue weighted by Gasteiger charge is 2.08. The molecular weight excluding hydrogens is 264 g/mol. The van der Waals surface area contributed by atoms with Gasteiger partial charge in [-0.3, -0.25) is 4.99 Å². The Bertz CT molecular complexity index is 394. The third kappa shape index (κ3) is 6.21. The predicted molar refractivity (Wildman–Crippen MR) is 86.7 cm³/mol. The number of hydrogen-bond acceptors (Lipinski definition) is 3. The van der Waals surface area contributed by atoms with Crippen molar-refractivity contribution in [1.82, 2.24) is 15.5 Å². The van der Waals surface area contributed by atoms with Crippen LogP contribution in [0.1, 0.15) is 31.4 Å². The van der Waals surface area contributed by atoms with Crippen LogP contribution in [-0.2, 0) is 6.42 Å². The highest BCUT2D eigenvalue weighted by molar-refractivity contribution is 5.79. The molecule has 0 unspecified atom stereocenters. The summed E-state index contributed by atoms with van der Waals surface area (Å²) >= 11 is 0. The summed E-state index contributed by atoms with van der Waals surface area (Å²) in [4.78, 5) is 6.81. The molecule has 2 N–H and O–H groups in total. The zero-order valence-corrected chi connectivity index (χ0v) is 13.1. The first-order valence-corrected chi connectivity index (χ1v) is 8.08. The van der Waals surface area contributed by atoms with Crippen LogP contribution < -0.4 is 10.6 Å². The van der Waals surface area contributed by atoms with E-state index in [1.165, 1.54) is 38.8 Å². The lowest BCUT2D eigenvalue weighted by Gasteiger charge is -2.20. The van der Waals surface area contributed by atoms with Crippen molar-refractivity contribution in [3.8, 4) is 0 Å². The second-order valence-corrected chi connectivity index (χ2v) is 5.51. The number of rotatable bonds is 6. The fourth-order valence-corrected chi connectivity index (χ4v) is 2.67. The lowest BCUT2D eigenvalue weighted by atomic mass is 10.2. The summed E-state index contributed by atoms with van der Waals surface area (Å²) < 4.78 is 5.31. The third-order valence-electron chi connectivity index (χ3n) is 3.89. The van der Waals surface area contributed by atoms with Gasteiger partial charge in [-0.25, -0.2) is 0 Å². The molecule has 1 aliphatic rings. The van der Waals surface area contributed by atoms with Crippen molar-refractivity contribution in [2.75, 3.05) is 39.8 Å². The van der Waals surface area contributed by atoms with Gasteiger partial charge in [-0.15, -0.1) is 0 Å². The van der Waals surface area contributed by atoms with Crippen molar-refractivity contribution >= 4 is 5.96 Å². The number of nitrogens with zero attached hydrogens (tertiary/aromatic N) is 2. The second kappa shape index (κ2) is 9.45. The standard InChI is InChI=1S/C16H28N4O/c1-17-16(18-9-8-15-7-6-14-21-15)19-10-13-20-11-4-2-3-5-12-20/h6-7,14H,2-5,8-13H2,1H3,(H2,17,18,19). The van der Waals surface area contributed by atoms with E-state index in [1.54, 1.807) is 6.26 Å². The van der Waals surface area contributed by atoms with Crippen LogP contribution in [0.3, 0.4) is 0 Å². The van der Waals surface area contributed by atoms with Crippen molar-refractivity contribution in [2.45, 2.75) is 32.1 Å². The number of hydrogen-bond donors (Lipinski definition) is 2. The Kier molecular flexibility index (Phi) is 7.15. The average molecular weight is 292 g/mol. The van der Waals surface area contributed by atoms with E-state index in [0.717, 1.165) is 37.8 Å². The topological polar surface area (TPSA) is 52.8 Å². The first kappa shape index (κ1) is 15.9. The number of aliphatic imine (C=N–C) groups is 1. The van der Waals surface area contributed by atoms with Crippen LogP contribution in [0.2, 0.25) is 0 Å². The van der Waals surface area contributed by atoms with E-state index in [4.69, 9.17) is 4.42 Å². The molecule has 1 aromatic heterocycles. The summed E-state index contributed by atoms with van der Waals surface area (Å²) in [5.74, 6) is 1.87. The molecule has 1 fully saturated rings. The maximum Gasteiger partial charge on any atom is 0.191 e. The molecule has 0 saturated carbocycles. The van der Waals surface area contributed by atoms with Gasteiger partial charge in [0.25, 0.3) is 0 Å². The zero-order valence-electron chi connectivity index (χ0n) is 13.1. The quantitative estimate of drug-likeness (QED) is 0.621. The SMILES string of the molecule is CN=C(NCCc1ccco1)NCCN1CCCCCC1. The summed E-state index contributed by atoms with van der Waals surface area (Å²) in [5, 5.41) is 6.70. The van der Waals surface area contributed by atoms with Gasteiger partial charge in [-0.05, 0) is 38.1 Å². The van der Waals surface area contributed by atoms with Crippen molar-refractivity contribution in [2.24, 2.45) is 4.99 Å². The zero-order chi connectivity index (χ0) is 14.8. The van der Waals surface area contributed by atoms with E-state index in [-0.39, 0.29) is 0 Å². The first-order chi connectivity index (χ1) is 10.4. The van der Waals surface area contributed by atoms with Crippen LogP contribution in [0.15, 0.2) is 27.8 Å². The minimum atomic E-state index is 0.830. The maximum absolute atomic E-state index is 5.31. The van der Waals surface area contributed by atoms with Crippen molar-refractivity contribution < 1.29 is 4.42 Å². The molecule has 5 heteroatoms. The molecule has 2 rings (SSSR count). The summed E-state index contributed by atoms with van der Waals surface area (Å²) in [6, 6.07) is 3.92. The molecule has 0 aliphatic carbocycles. The van der Waals surface area contributed by atoms with Crippen LogP contribution in [0.4, 0.5) is 0 Å². The maximum atomic E-state index is 5.31. The molecule has 5 nitrogen and oxygen atoms in total. The van der Waals surface area contributed by atoms with E-state index in [2.05, 4.69) is 20.5 Å². The number of likely N-dealkylation sites (tertiary alicyclic amines) is 1. The van der Waals surface area contributed by atoms with Gasteiger partial charge >= 0.3 is 0 Å². The molecule has 118 valence electrons. The molecule has 1 aromatic rings. The Labute approximate surface area is 127 Å². The Morgan fingerprint density at radius 3 is 2.62 bits per heavy atom. The monoisotopic (exact) mass is 292 g/mol. The minimum Gasteiger partial charge on any atom is -0.469 e. The van der Waals surface area contributed by atoms with Crippen LogP contribution in [0, 0.1) is 0 Å². The lowest BCUT2D eigenvalue weighted by Crippen LogP contribution is -2.42. The number of guanidine groups is 1. The van der Waals surface area contributed by atoms with Crippen LogP contribution in [0.5, 0.6) is 0 Å². The molecule has 0 atom stereocenters. The van der Waals surface area contributed by atoms with E-state index >= 15 is 0 Å². The van der Waals surface area contributed by atoms with Gasteiger partial charge in [0.05, 0.1) is 6.26 Å². The van der Waals surface area contributed by atoms with Gasteiger partial charge in [0.2, 0.25) is 0 Å². The smallest absolute Gasteiger partial charge is 0.191 e. The van der Waals surface area contributed by atoms with Crippen LogP contribution in [0.25, 0.3) is 0 Å². The van der Waals surface area contributed by atoms with Crippen LogP contribution >= 0.6 is 0 Å². The Hall–Kier alpha value is -1.49. The van der Waals surface area contributed by atoms with Crippen molar-refractivity contribution in [1.29, 1.82) is 0 Å². The van der Waals surface area contributed by atoms with Gasteiger partial charge in [-0.2, -0.15) is 0 Å². The Morgan fingerprint density at radius 1 is 1.19 bits per heavy atom. The Morgan fingerprint density at radius 2 is 1.95 bits per heavy atom. The fraction of sp³-hybridized carbons (Fsp3) is 0.688. The summed E-state index contributed by atoms with van der Waals surface area (Å²) in [6.07, 6.45) is 8.05. The van der Waals surface area contributed by atoms with Gasteiger partial charge in [-0.1, -0.05) is 12.8 Å². The van der Waals surface area contributed by atoms with Crippen molar-refractivity contribution in [3.63, 3.8) is 0 Å². The van der Waals surface area contributed by atoms with Gasteiger partial charge in [0, 0.05) is 33.1 Å². The van der Waals surface area contributed by atoms with Gasteiger partial charge < -0.3 is 20.0 Å². The third-order valence-corrected chi connectivity index (χ3v) is 3.89. The molecule has 0 aromatic carbocycles. The molecule has 0 radical (unpaired) electrons. The van der Waals surface area contributed by atoms with E-state index in [9.17, 15) is 0 Å². The summed E-state index contributed by atoms with van der Waals surface area (Å²) in [5.41, 5.74) is 0. The molecule has 2 heterocycles. The first-order valence-electron chi connectivity index (χ1n) is 8.08. The molecule has 0 spiro atoms. The second-order valence-electron chi connectivity index (χ2n) is 5.51. The van der Waals surface area contributed by atoms with E-state index in [1.807, 2.05) is 19.2 Å². The summed E-state index contributed by atoms with van der Waals surface area (Å²) in [6.45, 7) is 5.36. The normalized spacial score (nSPS) is 17.5. The molecule has 1 aliphatic heterocycles. The fourth-order valence-electron chi connectivity index (χ4n) is 2.67. The van der Waals surface area contributed by atoms with Gasteiger partial charge in [0.1, 0.15) is 5.76 Å². The highest BCUT2D eigenvalue weighted by atomic mass is 16.3. The predicted octanol–water partition coefficient (Wildman–Crippen LogP) is 1.86. The molecule has 1 saturated heterocycles. The molecule has 0 bridgehead atoms. The van der Waals surface area contributed by atoms with Gasteiger partial charge in [0.15, 0.2) is 5.96 Å². The van der Waals surface area contributed by atoms with Crippen LogP contribution in [-0.4, -0.2) is 50.6 Å². The molecule has 21 heavy (non-hydrogen) atoms. The van der Waals surface area contributed by atoms with Crippen molar-refractivity contribution in [3.05, 3.63) is 24.2 Å². The molecule has 0 amide bonds. The average Bonchev–Trinajstić information content (AvgIpc) is 2.88. The lowest BCUT2D eigenvalue weighted by molar-refractivity contribution is 0.289. The summed E-state index contributed by atoms with van der Waals surface area (Å²) in [7, 11) is 1.81.